The first-order valence-corrected chi connectivity index (χ1v) is 14.9. The van der Waals surface area contributed by atoms with Crippen molar-refractivity contribution in [3.8, 4) is 11.1 Å². The highest BCUT2D eigenvalue weighted by atomic mass is 16.5. The van der Waals surface area contributed by atoms with E-state index in [-0.39, 0.29) is 24.0 Å². The van der Waals surface area contributed by atoms with E-state index in [2.05, 4.69) is 21.5 Å². The van der Waals surface area contributed by atoms with Crippen LogP contribution in [0.1, 0.15) is 71.9 Å². The lowest BCUT2D eigenvalue weighted by Gasteiger charge is -2.41. The minimum atomic E-state index is -1.05. The zero-order valence-corrected chi connectivity index (χ0v) is 25.6. The number of hydrogen-bond donors (Lipinski definition) is 3. The van der Waals surface area contributed by atoms with Crippen LogP contribution in [0.15, 0.2) is 24.7 Å². The second-order valence-corrected chi connectivity index (χ2v) is 12.9. The number of anilines is 1. The molecule has 1 saturated carbocycles. The van der Waals surface area contributed by atoms with Gasteiger partial charge in [0.2, 0.25) is 11.9 Å². The van der Waals surface area contributed by atoms with E-state index in [1.807, 2.05) is 37.7 Å². The van der Waals surface area contributed by atoms with Crippen LogP contribution in [0.5, 0.6) is 0 Å². The fraction of sp³-hybridized carbons (Fsp3) is 0.667. The molecule has 12 heteroatoms. The molecule has 1 saturated heterocycles. The van der Waals surface area contributed by atoms with Gasteiger partial charge in [-0.25, -0.2) is 9.50 Å². The Morgan fingerprint density at radius 3 is 2.64 bits per heavy atom. The minimum absolute atomic E-state index is 0.0407. The Hall–Kier alpha value is -3.06. The highest BCUT2D eigenvalue weighted by molar-refractivity contribution is 5.85. The third-order valence-electron chi connectivity index (χ3n) is 8.58. The molecule has 42 heavy (non-hydrogen) atoms. The van der Waals surface area contributed by atoms with Gasteiger partial charge in [0.05, 0.1) is 42.8 Å². The van der Waals surface area contributed by atoms with Gasteiger partial charge in [-0.1, -0.05) is 0 Å². The number of aliphatic hydroxyl groups excluding tert-OH is 1. The molecule has 0 radical (unpaired) electrons. The molecular weight excluding hydrogens is 538 g/mol. The summed E-state index contributed by atoms with van der Waals surface area (Å²) in [5, 5.41) is 33.4. The van der Waals surface area contributed by atoms with Gasteiger partial charge >= 0.3 is 0 Å². The lowest BCUT2D eigenvalue weighted by molar-refractivity contribution is -0.159. The highest BCUT2D eigenvalue weighted by Crippen LogP contribution is 2.38. The summed E-state index contributed by atoms with van der Waals surface area (Å²) >= 11 is 0. The van der Waals surface area contributed by atoms with E-state index in [9.17, 15) is 15.0 Å². The Morgan fingerprint density at radius 2 is 1.95 bits per heavy atom. The number of ether oxygens (including phenoxy) is 2. The molecule has 1 aliphatic carbocycles. The third kappa shape index (κ3) is 6.17. The standard InChI is InChI=1S/C30H45N7O5/c1-19(18-41-6)33-28-31-15-25-23(13-24(37(25)34-28)20-7-9-22(38)10-8-20)21-14-32-36(16-21)29(2,3)27(39)35-11-12-42-26(17-35)30(4,5)40/h13-16,19-20,22,26,38,40H,7-12,17-18H2,1-6H3,(H,33,34)/t19-,20?,22?,26?/m0/s1. The number of nitrogens with one attached hydrogen (secondary N) is 1. The van der Waals surface area contributed by atoms with Crippen molar-refractivity contribution in [3.63, 3.8) is 0 Å². The molecule has 0 bridgehead atoms. The molecule has 230 valence electrons. The molecule has 2 atom stereocenters. The zero-order chi connectivity index (χ0) is 30.2. The van der Waals surface area contributed by atoms with E-state index in [4.69, 9.17) is 14.6 Å². The van der Waals surface area contributed by atoms with Gasteiger partial charge in [-0.3, -0.25) is 9.48 Å². The summed E-state index contributed by atoms with van der Waals surface area (Å²) in [7, 11) is 1.67. The van der Waals surface area contributed by atoms with Crippen LogP contribution in [-0.2, 0) is 19.8 Å². The van der Waals surface area contributed by atoms with Crippen molar-refractivity contribution in [3.05, 3.63) is 30.4 Å². The molecule has 0 spiro atoms. The topological polar surface area (TPSA) is 139 Å². The monoisotopic (exact) mass is 583 g/mol. The molecule has 4 heterocycles. The van der Waals surface area contributed by atoms with Gasteiger partial charge in [0.1, 0.15) is 11.6 Å². The number of amides is 1. The molecule has 3 aromatic rings. The number of methoxy groups -OCH3 is 1. The second kappa shape index (κ2) is 11.9. The van der Waals surface area contributed by atoms with Gasteiger partial charge < -0.3 is 29.9 Å². The molecule has 2 fully saturated rings. The number of carbonyl (C=O) groups is 1. The average molecular weight is 584 g/mol. The molecule has 3 aromatic heterocycles. The summed E-state index contributed by atoms with van der Waals surface area (Å²) in [6, 6.07) is 2.19. The smallest absolute Gasteiger partial charge is 0.250 e. The van der Waals surface area contributed by atoms with Crippen LogP contribution in [0, 0.1) is 0 Å². The van der Waals surface area contributed by atoms with Crippen LogP contribution >= 0.6 is 0 Å². The number of fused-ring (bicyclic) bond motifs is 1. The third-order valence-corrected chi connectivity index (χ3v) is 8.58. The van der Waals surface area contributed by atoms with Crippen molar-refractivity contribution in [2.75, 3.05) is 38.7 Å². The first-order chi connectivity index (χ1) is 19.9. The van der Waals surface area contributed by atoms with E-state index >= 15 is 0 Å². The highest BCUT2D eigenvalue weighted by Gasteiger charge is 2.40. The van der Waals surface area contributed by atoms with Gasteiger partial charge in [-0.2, -0.15) is 5.10 Å². The maximum atomic E-state index is 13.7. The number of nitrogens with zero attached hydrogens (tertiary/aromatic N) is 6. The maximum Gasteiger partial charge on any atom is 0.250 e. The van der Waals surface area contributed by atoms with Crippen molar-refractivity contribution in [2.45, 2.75) is 95.6 Å². The number of aromatic nitrogens is 5. The summed E-state index contributed by atoms with van der Waals surface area (Å²) in [6.07, 6.45) is 8.09. The van der Waals surface area contributed by atoms with Crippen molar-refractivity contribution in [2.24, 2.45) is 0 Å². The van der Waals surface area contributed by atoms with Crippen molar-refractivity contribution < 1.29 is 24.5 Å². The quantitative estimate of drug-likeness (QED) is 0.347. The number of rotatable bonds is 9. The Bertz CT molecular complexity index is 1390. The maximum absolute atomic E-state index is 13.7. The van der Waals surface area contributed by atoms with Gasteiger partial charge in [0.25, 0.3) is 0 Å². The largest absolute Gasteiger partial charge is 0.393 e. The van der Waals surface area contributed by atoms with E-state index in [0.29, 0.717) is 32.3 Å². The lowest BCUT2D eigenvalue weighted by Crippen LogP contribution is -2.57. The van der Waals surface area contributed by atoms with Crippen LogP contribution in [-0.4, -0.2) is 103 Å². The molecule has 1 unspecified atom stereocenters. The molecular formula is C30H45N7O5. The van der Waals surface area contributed by atoms with Crippen LogP contribution in [0.2, 0.25) is 0 Å². The zero-order valence-electron chi connectivity index (χ0n) is 25.6. The molecule has 3 N–H and O–H groups in total. The summed E-state index contributed by atoms with van der Waals surface area (Å²) < 4.78 is 14.7. The summed E-state index contributed by atoms with van der Waals surface area (Å²) in [4.78, 5) is 20.1. The minimum Gasteiger partial charge on any atom is -0.393 e. The van der Waals surface area contributed by atoms with E-state index < -0.39 is 17.2 Å². The summed E-state index contributed by atoms with van der Waals surface area (Å²) in [5.41, 5.74) is 1.73. The fourth-order valence-corrected chi connectivity index (χ4v) is 6.00. The van der Waals surface area contributed by atoms with Gasteiger partial charge in [-0.05, 0) is 66.4 Å². The van der Waals surface area contributed by atoms with Crippen LogP contribution in [0.4, 0.5) is 5.95 Å². The van der Waals surface area contributed by atoms with Gasteiger partial charge in [0.15, 0.2) is 0 Å². The Labute approximate surface area is 247 Å². The predicted molar refractivity (Wildman–Crippen MR) is 158 cm³/mol. The van der Waals surface area contributed by atoms with Crippen molar-refractivity contribution in [1.29, 1.82) is 0 Å². The van der Waals surface area contributed by atoms with Crippen LogP contribution < -0.4 is 5.32 Å². The normalized spacial score (nSPS) is 22.9. The number of carbonyl (C=O) groups excluding carboxylic acids is 1. The molecule has 1 aliphatic heterocycles. The first kappa shape index (κ1) is 30.4. The van der Waals surface area contributed by atoms with Gasteiger partial charge in [0, 0.05) is 55.2 Å². The molecule has 2 aliphatic rings. The van der Waals surface area contributed by atoms with Crippen molar-refractivity contribution >= 4 is 17.4 Å². The van der Waals surface area contributed by atoms with Crippen LogP contribution in [0.25, 0.3) is 16.6 Å². The fourth-order valence-electron chi connectivity index (χ4n) is 6.00. The average Bonchev–Trinajstić information content (AvgIpc) is 3.59. The van der Waals surface area contributed by atoms with Crippen molar-refractivity contribution in [1.82, 2.24) is 29.3 Å². The predicted octanol–water partition coefficient (Wildman–Crippen LogP) is 2.79. The molecule has 5 rings (SSSR count). The number of hydrogen-bond acceptors (Lipinski definition) is 9. The van der Waals surface area contributed by atoms with E-state index in [1.165, 1.54) is 0 Å². The molecule has 12 nitrogen and oxygen atoms in total. The van der Waals surface area contributed by atoms with Crippen LogP contribution in [0.3, 0.4) is 0 Å². The lowest BCUT2D eigenvalue weighted by atomic mass is 9.85. The molecule has 1 amide bonds. The first-order valence-electron chi connectivity index (χ1n) is 14.9. The second-order valence-electron chi connectivity index (χ2n) is 12.9. The number of aliphatic hydroxyl groups is 2. The summed E-state index contributed by atoms with van der Waals surface area (Å²) in [6.45, 7) is 10.8. The SMILES string of the molecule is COC[C@H](C)Nc1ncc2c(-c3cnn(C(C)(C)C(=O)N4CCOC(C(C)(C)O)C4)c3)cc(C3CCC(O)CC3)n2n1. The van der Waals surface area contributed by atoms with Gasteiger partial charge in [-0.15, -0.1) is 5.10 Å². The Morgan fingerprint density at radius 1 is 1.21 bits per heavy atom. The Balaban J connectivity index is 1.46. The molecule has 0 aromatic carbocycles. The Kier molecular flexibility index (Phi) is 8.62. The summed E-state index contributed by atoms with van der Waals surface area (Å²) in [5.74, 6) is 0.692. The number of morpholine rings is 1. The van der Waals surface area contributed by atoms with E-state index in [0.717, 1.165) is 48.0 Å². The van der Waals surface area contributed by atoms with E-state index in [1.54, 1.807) is 36.7 Å².